The van der Waals surface area contributed by atoms with E-state index in [-0.39, 0.29) is 11.3 Å². The van der Waals surface area contributed by atoms with Gasteiger partial charge in [-0.05, 0) is 48.6 Å². The van der Waals surface area contributed by atoms with E-state index in [0.29, 0.717) is 6.54 Å². The zero-order valence-corrected chi connectivity index (χ0v) is 13.8. The molecule has 0 fully saturated rings. The molecule has 0 aliphatic rings. The van der Waals surface area contributed by atoms with E-state index in [1.165, 1.54) is 0 Å². The molecule has 0 aliphatic heterocycles. The Kier molecular flexibility index (Phi) is 6.30. The Balaban J connectivity index is 4.02. The summed E-state index contributed by atoms with van der Waals surface area (Å²) in [7, 11) is -1.05. The van der Waals surface area contributed by atoms with Crippen molar-refractivity contribution in [3.05, 3.63) is 0 Å². The van der Waals surface area contributed by atoms with Gasteiger partial charge in [0.25, 0.3) is 0 Å². The molecular formula is C13H30N2O2S. The molecule has 0 aromatic carbocycles. The average Bonchev–Trinajstić information content (AvgIpc) is 2.11. The molecule has 0 unspecified atom stereocenters. The largest absolute Gasteiger partial charge is 0.311 e. The van der Waals surface area contributed by atoms with E-state index < -0.39 is 14.6 Å². The van der Waals surface area contributed by atoms with Crippen LogP contribution in [0.15, 0.2) is 0 Å². The van der Waals surface area contributed by atoms with Crippen LogP contribution >= 0.6 is 0 Å². The first-order chi connectivity index (χ1) is 7.85. The minimum absolute atomic E-state index is 0.109. The third-order valence-corrected chi connectivity index (χ3v) is 5.41. The van der Waals surface area contributed by atoms with Crippen LogP contribution in [-0.2, 0) is 9.84 Å². The number of nitrogens with zero attached hydrogens (tertiary/aromatic N) is 1. The van der Waals surface area contributed by atoms with Crippen molar-refractivity contribution in [2.75, 3.05) is 32.4 Å². The van der Waals surface area contributed by atoms with Gasteiger partial charge in [0.15, 0.2) is 9.84 Å². The van der Waals surface area contributed by atoms with Crippen LogP contribution in [0, 0.1) is 0 Å². The van der Waals surface area contributed by atoms with Gasteiger partial charge in [-0.1, -0.05) is 0 Å². The molecule has 1 N–H and O–H groups in total. The minimum atomic E-state index is -3.01. The summed E-state index contributed by atoms with van der Waals surface area (Å²) in [6, 6.07) is 0. The van der Waals surface area contributed by atoms with Crippen LogP contribution in [0.25, 0.3) is 0 Å². The molecule has 0 amide bonds. The van der Waals surface area contributed by atoms with Gasteiger partial charge in [-0.3, -0.25) is 0 Å². The predicted molar refractivity (Wildman–Crippen MR) is 78.8 cm³/mol. The van der Waals surface area contributed by atoms with Crippen LogP contribution in [-0.4, -0.2) is 56.0 Å². The zero-order valence-electron chi connectivity index (χ0n) is 13.0. The van der Waals surface area contributed by atoms with Crippen molar-refractivity contribution < 1.29 is 8.42 Å². The van der Waals surface area contributed by atoms with E-state index in [4.69, 9.17) is 0 Å². The maximum atomic E-state index is 11.9. The number of rotatable bonds is 6. The molecule has 0 heterocycles. The number of likely N-dealkylation sites (N-methyl/N-ethyl adjacent to an activating group) is 1. The Labute approximate surface area is 113 Å². The molecule has 0 rings (SSSR count). The average molecular weight is 278 g/mol. The van der Waals surface area contributed by atoms with Gasteiger partial charge in [-0.2, -0.15) is 0 Å². The summed E-state index contributed by atoms with van der Waals surface area (Å²) < 4.78 is 23.2. The molecule has 18 heavy (non-hydrogen) atoms. The van der Waals surface area contributed by atoms with Gasteiger partial charge in [0.1, 0.15) is 0 Å². The summed E-state index contributed by atoms with van der Waals surface area (Å²) in [5, 5.41) is 3.39. The molecule has 0 aromatic heterocycles. The lowest BCUT2D eigenvalue weighted by Crippen LogP contribution is -2.42. The minimum Gasteiger partial charge on any atom is -0.311 e. The van der Waals surface area contributed by atoms with E-state index in [0.717, 1.165) is 13.1 Å². The van der Waals surface area contributed by atoms with Crippen molar-refractivity contribution in [2.24, 2.45) is 0 Å². The summed E-state index contributed by atoms with van der Waals surface area (Å²) in [4.78, 5) is 2.06. The summed E-state index contributed by atoms with van der Waals surface area (Å²) in [6.45, 7) is 13.9. The van der Waals surface area contributed by atoms with Crippen molar-refractivity contribution in [1.82, 2.24) is 10.2 Å². The van der Waals surface area contributed by atoms with E-state index in [9.17, 15) is 8.42 Å². The first-order valence-corrected chi connectivity index (χ1v) is 8.16. The summed E-state index contributed by atoms with van der Waals surface area (Å²) in [6.07, 6.45) is 0. The second-order valence-electron chi connectivity index (χ2n) is 6.91. The molecule has 110 valence electrons. The van der Waals surface area contributed by atoms with Gasteiger partial charge in [0, 0.05) is 25.2 Å². The second kappa shape index (κ2) is 6.35. The van der Waals surface area contributed by atoms with Crippen LogP contribution in [0.2, 0.25) is 0 Å². The molecule has 5 heteroatoms. The van der Waals surface area contributed by atoms with Gasteiger partial charge < -0.3 is 10.2 Å². The molecule has 0 aliphatic carbocycles. The predicted octanol–water partition coefficient (Wildman–Crippen LogP) is 1.52. The third-order valence-electron chi connectivity index (χ3n) is 2.82. The van der Waals surface area contributed by atoms with Gasteiger partial charge in [0.05, 0.1) is 10.5 Å². The first-order valence-electron chi connectivity index (χ1n) is 6.51. The third kappa shape index (κ3) is 7.34. The fourth-order valence-electron chi connectivity index (χ4n) is 1.32. The molecule has 0 radical (unpaired) electrons. The highest BCUT2D eigenvalue weighted by atomic mass is 32.2. The van der Waals surface area contributed by atoms with Crippen molar-refractivity contribution in [1.29, 1.82) is 0 Å². The van der Waals surface area contributed by atoms with Crippen LogP contribution in [0.3, 0.4) is 0 Å². The van der Waals surface area contributed by atoms with Crippen LogP contribution in [0.1, 0.15) is 41.5 Å². The Morgan fingerprint density at radius 1 is 1.00 bits per heavy atom. The molecule has 0 aromatic rings. The highest BCUT2D eigenvalue weighted by molar-refractivity contribution is 7.92. The Hall–Kier alpha value is -0.130. The Morgan fingerprint density at radius 2 is 1.50 bits per heavy atom. The lowest BCUT2D eigenvalue weighted by Gasteiger charge is -2.25. The van der Waals surface area contributed by atoms with Crippen molar-refractivity contribution in [2.45, 2.75) is 51.8 Å². The lowest BCUT2D eigenvalue weighted by molar-refractivity contribution is 0.322. The first kappa shape index (κ1) is 17.9. The molecule has 0 saturated carbocycles. The molecule has 0 bridgehead atoms. The maximum absolute atomic E-state index is 11.9. The van der Waals surface area contributed by atoms with Crippen molar-refractivity contribution in [3.8, 4) is 0 Å². The lowest BCUT2D eigenvalue weighted by atomic mass is 10.1. The SMILES string of the molecule is CN(CCNC(C)(C)C)CCS(=O)(=O)C(C)(C)C. The van der Waals surface area contributed by atoms with Crippen LogP contribution in [0.5, 0.6) is 0 Å². The standard InChI is InChI=1S/C13H30N2O2S/c1-12(2,3)14-8-9-15(7)10-11-18(16,17)13(4,5)6/h14H,8-11H2,1-7H3. The highest BCUT2D eigenvalue weighted by Crippen LogP contribution is 2.15. The van der Waals surface area contributed by atoms with Crippen molar-refractivity contribution >= 4 is 9.84 Å². The molecule has 0 spiro atoms. The fraction of sp³-hybridized carbons (Fsp3) is 1.00. The monoisotopic (exact) mass is 278 g/mol. The normalized spacial score (nSPS) is 14.2. The second-order valence-corrected chi connectivity index (χ2v) is 9.77. The molecule has 0 atom stereocenters. The number of nitrogens with one attached hydrogen (secondary N) is 1. The number of sulfone groups is 1. The van der Waals surface area contributed by atoms with Gasteiger partial charge in [-0.25, -0.2) is 8.42 Å². The van der Waals surface area contributed by atoms with E-state index in [1.807, 2.05) is 7.05 Å². The van der Waals surface area contributed by atoms with E-state index >= 15 is 0 Å². The zero-order chi connectivity index (χ0) is 14.6. The van der Waals surface area contributed by atoms with Crippen molar-refractivity contribution in [3.63, 3.8) is 0 Å². The van der Waals surface area contributed by atoms with E-state index in [2.05, 4.69) is 31.0 Å². The number of hydrogen-bond acceptors (Lipinski definition) is 4. The summed E-state index contributed by atoms with van der Waals surface area (Å²) in [5.41, 5.74) is 0.109. The quantitative estimate of drug-likeness (QED) is 0.800. The smallest absolute Gasteiger partial charge is 0.156 e. The van der Waals surface area contributed by atoms with Crippen LogP contribution < -0.4 is 5.32 Å². The summed E-state index contributed by atoms with van der Waals surface area (Å²) in [5.74, 6) is 0.225. The number of hydrogen-bond donors (Lipinski definition) is 1. The van der Waals surface area contributed by atoms with E-state index in [1.54, 1.807) is 20.8 Å². The van der Waals surface area contributed by atoms with Gasteiger partial charge in [-0.15, -0.1) is 0 Å². The van der Waals surface area contributed by atoms with Gasteiger partial charge in [0.2, 0.25) is 0 Å². The topological polar surface area (TPSA) is 49.4 Å². The maximum Gasteiger partial charge on any atom is 0.156 e. The highest BCUT2D eigenvalue weighted by Gasteiger charge is 2.28. The molecule has 0 saturated heterocycles. The fourth-order valence-corrected chi connectivity index (χ4v) is 2.48. The van der Waals surface area contributed by atoms with Gasteiger partial charge >= 0.3 is 0 Å². The molecular weight excluding hydrogens is 248 g/mol. The Bertz CT molecular complexity index is 337. The Morgan fingerprint density at radius 3 is 1.89 bits per heavy atom. The molecule has 4 nitrogen and oxygen atoms in total. The summed E-state index contributed by atoms with van der Waals surface area (Å²) >= 11 is 0. The van der Waals surface area contributed by atoms with Crippen LogP contribution in [0.4, 0.5) is 0 Å².